The normalized spacial score (nSPS) is 48.8. The van der Waals surface area contributed by atoms with E-state index in [0.29, 0.717) is 23.3 Å². The van der Waals surface area contributed by atoms with E-state index in [1.807, 2.05) is 5.57 Å². The van der Waals surface area contributed by atoms with E-state index in [9.17, 15) is 9.90 Å². The number of nitrogens with one attached hydrogen (secondary N) is 2. The first-order valence-corrected chi connectivity index (χ1v) is 16.3. The van der Waals surface area contributed by atoms with Crippen molar-refractivity contribution in [2.24, 2.45) is 51.8 Å². The van der Waals surface area contributed by atoms with Gasteiger partial charge in [-0.3, -0.25) is 4.79 Å². The van der Waals surface area contributed by atoms with E-state index in [2.05, 4.69) is 45.3 Å². The molecule has 6 aliphatic rings. The number of fused-ring (bicyclic) bond motifs is 5. The summed E-state index contributed by atoms with van der Waals surface area (Å²) in [5.74, 6) is 4.51. The third-order valence-corrected chi connectivity index (χ3v) is 13.8. The summed E-state index contributed by atoms with van der Waals surface area (Å²) < 4.78 is 0. The summed E-state index contributed by atoms with van der Waals surface area (Å²) in [4.78, 5) is 11.7. The molecule has 3 N–H and O–H groups in total. The summed E-state index contributed by atoms with van der Waals surface area (Å²) in [5.41, 5.74) is 4.42. The highest BCUT2D eigenvalue weighted by Crippen LogP contribution is 2.65. The average Bonchev–Trinajstić information content (AvgIpc) is 3.57. The lowest BCUT2D eigenvalue weighted by Crippen LogP contribution is -2.52. The first-order valence-electron chi connectivity index (χ1n) is 16.3. The van der Waals surface area contributed by atoms with Gasteiger partial charge in [0.2, 0.25) is 5.91 Å². The summed E-state index contributed by atoms with van der Waals surface area (Å²) in [6.45, 7) is 15.2. The standard InChI is InChI=1S/C34H56N2O2/c1-20-17-34(13-14-34)31(38)30(35-19-20)22(3)32(5)11-10-26-27-8-7-24-15-25(36-23(4)37)9-12-33(24,6)29(27)16-28(26)21(2)18-32/h20,22,24-27,29-31,35,38H,7-19H2,1-6H3,(H,36,37)/t20-,22+,24+,25-,26-,27?,29-,30-,31?,32?,33-/m0/s1. The van der Waals surface area contributed by atoms with Crippen LogP contribution in [-0.2, 0) is 4.79 Å². The predicted molar refractivity (Wildman–Crippen MR) is 154 cm³/mol. The van der Waals surface area contributed by atoms with Gasteiger partial charge in [-0.05, 0) is 142 Å². The Kier molecular flexibility index (Phi) is 6.90. The number of aliphatic hydroxyl groups excluding tert-OH is 1. The molecule has 0 aromatic carbocycles. The summed E-state index contributed by atoms with van der Waals surface area (Å²) in [6.07, 6.45) is 15.0. The average molecular weight is 525 g/mol. The highest BCUT2D eigenvalue weighted by Gasteiger charge is 2.58. The molecule has 1 amide bonds. The van der Waals surface area contributed by atoms with Crippen molar-refractivity contribution in [1.82, 2.24) is 10.6 Å². The molecule has 3 unspecified atom stereocenters. The van der Waals surface area contributed by atoms with Crippen LogP contribution < -0.4 is 10.6 Å². The minimum Gasteiger partial charge on any atom is -0.391 e. The minimum atomic E-state index is -0.192. The van der Waals surface area contributed by atoms with Gasteiger partial charge in [-0.2, -0.15) is 0 Å². The quantitative estimate of drug-likeness (QED) is 0.363. The molecule has 0 bridgehead atoms. The minimum absolute atomic E-state index is 0.141. The monoisotopic (exact) mass is 524 g/mol. The van der Waals surface area contributed by atoms with Crippen LogP contribution >= 0.6 is 0 Å². The highest BCUT2D eigenvalue weighted by molar-refractivity contribution is 5.73. The number of rotatable bonds is 3. The van der Waals surface area contributed by atoms with Crippen LogP contribution in [0.3, 0.4) is 0 Å². The molecule has 0 aromatic heterocycles. The Morgan fingerprint density at radius 1 is 1.11 bits per heavy atom. The zero-order chi connectivity index (χ0) is 27.0. The highest BCUT2D eigenvalue weighted by atomic mass is 16.3. The zero-order valence-electron chi connectivity index (χ0n) is 25.2. The molecule has 38 heavy (non-hydrogen) atoms. The fourth-order valence-corrected chi connectivity index (χ4v) is 11.2. The molecule has 1 aliphatic heterocycles. The summed E-state index contributed by atoms with van der Waals surface area (Å²) in [6, 6.07) is 0.618. The SMILES string of the molecule is CC(=O)N[C@H]1CC[C@@]2(C)[C@H](CCC3[C@@H]4CCC(C)([C@H](C)[C@@H]5NC[C@@H](C)CC6(CC6)C5O)CC(C)=C4C[C@@H]32)C1. The number of allylic oxidation sites excluding steroid dienone is 2. The molecule has 4 heteroatoms. The van der Waals surface area contributed by atoms with Crippen LogP contribution in [0.4, 0.5) is 0 Å². The van der Waals surface area contributed by atoms with Crippen LogP contribution in [-0.4, -0.2) is 35.7 Å². The van der Waals surface area contributed by atoms with Crippen LogP contribution in [0.5, 0.6) is 0 Å². The van der Waals surface area contributed by atoms with Crippen LogP contribution in [0, 0.1) is 51.8 Å². The van der Waals surface area contributed by atoms with Crippen molar-refractivity contribution in [2.45, 2.75) is 137 Å². The number of hydrogen-bond acceptors (Lipinski definition) is 3. The molecule has 5 aliphatic carbocycles. The number of carbonyl (C=O) groups excluding carboxylic acids is 1. The Hall–Kier alpha value is -0.870. The van der Waals surface area contributed by atoms with Gasteiger partial charge >= 0.3 is 0 Å². The van der Waals surface area contributed by atoms with Crippen molar-refractivity contribution in [1.29, 1.82) is 0 Å². The van der Waals surface area contributed by atoms with Gasteiger partial charge in [0.1, 0.15) is 0 Å². The molecule has 0 aromatic rings. The van der Waals surface area contributed by atoms with Gasteiger partial charge in [0.05, 0.1) is 6.10 Å². The number of hydrogen-bond donors (Lipinski definition) is 3. The molecule has 214 valence electrons. The number of amides is 1. The maximum Gasteiger partial charge on any atom is 0.217 e. The van der Waals surface area contributed by atoms with Gasteiger partial charge in [0.15, 0.2) is 0 Å². The fraction of sp³-hybridized carbons (Fsp3) is 0.912. The first kappa shape index (κ1) is 27.3. The third-order valence-electron chi connectivity index (χ3n) is 13.8. The maximum atomic E-state index is 11.7. The van der Waals surface area contributed by atoms with Crippen molar-refractivity contribution < 1.29 is 9.90 Å². The van der Waals surface area contributed by atoms with Crippen LogP contribution in [0.25, 0.3) is 0 Å². The fourth-order valence-electron chi connectivity index (χ4n) is 11.2. The van der Waals surface area contributed by atoms with Gasteiger partial charge < -0.3 is 15.7 Å². The summed E-state index contributed by atoms with van der Waals surface area (Å²) >= 11 is 0. The van der Waals surface area contributed by atoms with E-state index < -0.39 is 0 Å². The maximum absolute atomic E-state index is 11.7. The number of carbonyl (C=O) groups is 1. The molecule has 4 nitrogen and oxygen atoms in total. The first-order chi connectivity index (χ1) is 18.0. The van der Waals surface area contributed by atoms with E-state index in [-0.39, 0.29) is 28.9 Å². The van der Waals surface area contributed by atoms with Gasteiger partial charge in [0.25, 0.3) is 0 Å². The zero-order valence-corrected chi connectivity index (χ0v) is 25.2. The Morgan fingerprint density at radius 2 is 1.87 bits per heavy atom. The molecule has 6 rings (SSSR count). The van der Waals surface area contributed by atoms with E-state index >= 15 is 0 Å². The molecular formula is C34H56N2O2. The second kappa shape index (κ2) is 9.61. The number of aliphatic hydroxyl groups is 1. The van der Waals surface area contributed by atoms with Crippen LogP contribution in [0.1, 0.15) is 119 Å². The van der Waals surface area contributed by atoms with E-state index in [1.165, 1.54) is 70.6 Å². The van der Waals surface area contributed by atoms with Crippen molar-refractivity contribution in [3.63, 3.8) is 0 Å². The Bertz CT molecular complexity index is 970. The second-order valence-electron chi connectivity index (χ2n) is 16.0. The Labute approximate surface area is 232 Å². The second-order valence-corrected chi connectivity index (χ2v) is 16.0. The van der Waals surface area contributed by atoms with Gasteiger partial charge in [-0.15, -0.1) is 0 Å². The smallest absolute Gasteiger partial charge is 0.217 e. The van der Waals surface area contributed by atoms with Gasteiger partial charge in [-0.1, -0.05) is 38.8 Å². The lowest BCUT2D eigenvalue weighted by molar-refractivity contribution is -0.121. The molecular weight excluding hydrogens is 468 g/mol. The molecule has 1 heterocycles. The largest absolute Gasteiger partial charge is 0.391 e. The van der Waals surface area contributed by atoms with E-state index in [4.69, 9.17) is 0 Å². The van der Waals surface area contributed by atoms with E-state index in [1.54, 1.807) is 12.5 Å². The van der Waals surface area contributed by atoms with Crippen molar-refractivity contribution >= 4 is 5.91 Å². The Balaban J connectivity index is 1.20. The summed E-state index contributed by atoms with van der Waals surface area (Å²) in [5, 5.41) is 18.8. The lowest BCUT2D eigenvalue weighted by Gasteiger charge is -2.54. The van der Waals surface area contributed by atoms with E-state index in [0.717, 1.165) is 36.6 Å². The molecule has 11 atom stereocenters. The third kappa shape index (κ3) is 4.43. The molecule has 5 fully saturated rings. The van der Waals surface area contributed by atoms with Crippen LogP contribution in [0.2, 0.25) is 0 Å². The molecule has 1 spiro atoms. The van der Waals surface area contributed by atoms with Crippen LogP contribution in [0.15, 0.2) is 11.1 Å². The van der Waals surface area contributed by atoms with Crippen molar-refractivity contribution in [3.05, 3.63) is 11.1 Å². The van der Waals surface area contributed by atoms with Crippen molar-refractivity contribution in [2.75, 3.05) is 6.54 Å². The lowest BCUT2D eigenvalue weighted by atomic mass is 9.52. The van der Waals surface area contributed by atoms with Gasteiger partial charge in [-0.25, -0.2) is 0 Å². The molecule has 0 radical (unpaired) electrons. The van der Waals surface area contributed by atoms with Crippen molar-refractivity contribution in [3.8, 4) is 0 Å². The molecule has 4 saturated carbocycles. The van der Waals surface area contributed by atoms with Gasteiger partial charge in [0, 0.05) is 19.0 Å². The Morgan fingerprint density at radius 3 is 2.58 bits per heavy atom. The topological polar surface area (TPSA) is 61.4 Å². The predicted octanol–water partition coefficient (Wildman–Crippen LogP) is 6.63. The molecule has 1 saturated heterocycles. The summed E-state index contributed by atoms with van der Waals surface area (Å²) in [7, 11) is 0.